The van der Waals surface area contributed by atoms with Crippen LogP contribution in [0.1, 0.15) is 42.4 Å². The van der Waals surface area contributed by atoms with Crippen molar-refractivity contribution in [1.29, 1.82) is 5.41 Å². The number of nitrogens with one attached hydrogen (secondary N) is 4. The van der Waals surface area contributed by atoms with E-state index in [1.54, 1.807) is 61.7 Å². The van der Waals surface area contributed by atoms with Gasteiger partial charge in [0.2, 0.25) is 11.8 Å². The molecule has 0 saturated carbocycles. The molecule has 2 aromatic carbocycles. The number of unbranched alkanes of at least 4 members (excludes halogenated alkanes) is 1. The Balaban J connectivity index is 1.99. The molecule has 0 bridgehead atoms. The van der Waals surface area contributed by atoms with Crippen molar-refractivity contribution in [1.82, 2.24) is 16.0 Å². The van der Waals surface area contributed by atoms with Gasteiger partial charge in [0.1, 0.15) is 11.9 Å². The molecule has 0 saturated heterocycles. The molecule has 44 heavy (non-hydrogen) atoms. The lowest BCUT2D eigenvalue weighted by molar-refractivity contribution is -0.131. The normalized spacial score (nSPS) is 12.5. The minimum Gasteiger partial charge on any atom is -0.449 e. The third-order valence-electron chi connectivity index (χ3n) is 6.56. The number of ether oxygens (including phenoxy) is 2. The Bertz CT molecular complexity index is 1310. The van der Waals surface area contributed by atoms with E-state index in [9.17, 15) is 27.9 Å². The van der Waals surface area contributed by atoms with Crippen molar-refractivity contribution < 1.29 is 37.4 Å². The van der Waals surface area contributed by atoms with Crippen molar-refractivity contribution in [2.24, 2.45) is 11.7 Å². The number of benzene rings is 2. The van der Waals surface area contributed by atoms with Gasteiger partial charge >= 0.3 is 6.09 Å². The first kappa shape index (κ1) is 36.2. The third-order valence-corrected chi connectivity index (χ3v) is 8.24. The van der Waals surface area contributed by atoms with Crippen LogP contribution in [0.3, 0.4) is 0 Å². The molecule has 2 atom stereocenters. The number of nitrogen functional groups attached to an aromatic ring is 1. The number of rotatable bonds is 20. The van der Waals surface area contributed by atoms with E-state index in [0.717, 1.165) is 5.56 Å². The quantitative estimate of drug-likeness (QED) is 0.0702. The van der Waals surface area contributed by atoms with Crippen molar-refractivity contribution in [3.8, 4) is 0 Å². The minimum atomic E-state index is -3.75. The van der Waals surface area contributed by atoms with E-state index in [1.165, 1.54) is 0 Å². The van der Waals surface area contributed by atoms with Crippen molar-refractivity contribution in [2.45, 2.75) is 44.0 Å². The van der Waals surface area contributed by atoms with E-state index in [1.807, 2.05) is 0 Å². The van der Waals surface area contributed by atoms with Crippen LogP contribution in [0.25, 0.3) is 0 Å². The summed E-state index contributed by atoms with van der Waals surface area (Å²) in [6, 6.07) is 14.2. The molecule has 2 rings (SSSR count). The second-order valence-electron chi connectivity index (χ2n) is 10.2. The first-order valence-corrected chi connectivity index (χ1v) is 16.1. The van der Waals surface area contributed by atoms with Crippen molar-refractivity contribution >= 4 is 33.6 Å². The number of nitrogens with two attached hydrogens (primary N) is 1. The molecule has 13 nitrogen and oxygen atoms in total. The topological polar surface area (TPSA) is 210 Å². The lowest BCUT2D eigenvalue weighted by atomic mass is 10.1. The van der Waals surface area contributed by atoms with Gasteiger partial charge in [0.05, 0.1) is 30.6 Å². The van der Waals surface area contributed by atoms with E-state index < -0.39 is 52.1 Å². The van der Waals surface area contributed by atoms with Gasteiger partial charge in [-0.15, -0.1) is 0 Å². The van der Waals surface area contributed by atoms with E-state index >= 15 is 0 Å². The van der Waals surface area contributed by atoms with Gasteiger partial charge in [-0.05, 0) is 30.4 Å². The average Bonchev–Trinajstić information content (AvgIpc) is 3.00. The summed E-state index contributed by atoms with van der Waals surface area (Å²) in [6.45, 7) is 0.396. The Kier molecular flexibility index (Phi) is 15.9. The minimum absolute atomic E-state index is 0.0820. The van der Waals surface area contributed by atoms with Gasteiger partial charge in [0.15, 0.2) is 9.84 Å². The number of amides is 3. The zero-order chi connectivity index (χ0) is 32.4. The van der Waals surface area contributed by atoms with Gasteiger partial charge < -0.3 is 36.3 Å². The van der Waals surface area contributed by atoms with Crippen LogP contribution >= 0.6 is 0 Å². The Labute approximate surface area is 258 Å². The molecule has 0 aliphatic rings. The van der Waals surface area contributed by atoms with E-state index in [4.69, 9.17) is 20.6 Å². The standard InChI is InChI=1S/C30H43N5O8S/c1-42-16-7-17-43-30(39)33-15-6-5-10-26(29(38)34-18-22-11-13-24(14-12-22)27(31)32)35-28(37)25(19-36)21-44(40,41)20-23-8-3-2-4-9-23/h2-4,8-9,11-14,25-26,36H,5-7,10,15-21H2,1H3,(H3,31,32)(H,33,39)(H,34,38)(H,35,37)/t25-,26-/m0/s1. The molecule has 2 aromatic rings. The van der Waals surface area contributed by atoms with Gasteiger partial charge in [-0.2, -0.15) is 0 Å². The Morgan fingerprint density at radius 1 is 0.932 bits per heavy atom. The van der Waals surface area contributed by atoms with E-state index in [2.05, 4.69) is 16.0 Å². The summed E-state index contributed by atoms with van der Waals surface area (Å²) in [7, 11) is -2.19. The van der Waals surface area contributed by atoms with Gasteiger partial charge in [0, 0.05) is 38.8 Å². The molecule has 0 aliphatic carbocycles. The number of hydrogen-bond donors (Lipinski definition) is 6. The van der Waals surface area contributed by atoms with Gasteiger partial charge in [0.25, 0.3) is 0 Å². The van der Waals surface area contributed by atoms with Gasteiger partial charge in [-0.1, -0.05) is 54.6 Å². The van der Waals surface area contributed by atoms with Gasteiger partial charge in [-0.3, -0.25) is 15.0 Å². The SMILES string of the molecule is COCCCOC(=O)NCCCC[C@H](NC(=O)[C@@H](CO)CS(=O)(=O)Cc1ccccc1)C(=O)NCc1ccc(C(=N)N)cc1. The van der Waals surface area contributed by atoms with Crippen LogP contribution in [-0.2, 0) is 41.2 Å². The molecule has 0 heterocycles. The molecule has 0 fully saturated rings. The number of alkyl carbamates (subject to hydrolysis) is 1. The first-order chi connectivity index (χ1) is 21.0. The molecular formula is C30H43N5O8S. The third kappa shape index (κ3) is 14.0. The number of aliphatic hydroxyl groups excluding tert-OH is 1. The maximum Gasteiger partial charge on any atom is 0.407 e. The predicted molar refractivity (Wildman–Crippen MR) is 165 cm³/mol. The summed E-state index contributed by atoms with van der Waals surface area (Å²) in [5.41, 5.74) is 7.32. The van der Waals surface area contributed by atoms with Crippen molar-refractivity contribution in [3.63, 3.8) is 0 Å². The Hall–Kier alpha value is -4.01. The van der Waals surface area contributed by atoms with Crippen LogP contribution in [0.2, 0.25) is 0 Å². The Morgan fingerprint density at radius 2 is 1.64 bits per heavy atom. The largest absolute Gasteiger partial charge is 0.449 e. The molecular weight excluding hydrogens is 590 g/mol. The monoisotopic (exact) mass is 633 g/mol. The summed E-state index contributed by atoms with van der Waals surface area (Å²) in [5.74, 6) is -3.48. The highest BCUT2D eigenvalue weighted by Gasteiger charge is 2.29. The Morgan fingerprint density at radius 3 is 2.27 bits per heavy atom. The summed E-state index contributed by atoms with van der Waals surface area (Å²) < 4.78 is 35.5. The number of amidine groups is 1. The van der Waals surface area contributed by atoms with E-state index in [-0.39, 0.29) is 37.7 Å². The number of methoxy groups -OCH3 is 1. The summed E-state index contributed by atoms with van der Waals surface area (Å²) in [5, 5.41) is 25.4. The second kappa shape index (κ2) is 19.3. The number of hydrogen-bond acceptors (Lipinski definition) is 9. The maximum absolute atomic E-state index is 13.1. The summed E-state index contributed by atoms with van der Waals surface area (Å²) in [6.07, 6.45) is 1.12. The number of sulfone groups is 1. The fourth-order valence-electron chi connectivity index (χ4n) is 4.16. The molecule has 0 unspecified atom stereocenters. The smallest absolute Gasteiger partial charge is 0.407 e. The highest BCUT2D eigenvalue weighted by Crippen LogP contribution is 2.12. The zero-order valence-electron chi connectivity index (χ0n) is 24.9. The molecule has 0 aliphatic heterocycles. The molecule has 0 radical (unpaired) electrons. The lowest BCUT2D eigenvalue weighted by Crippen LogP contribution is -2.49. The molecule has 14 heteroatoms. The highest BCUT2D eigenvalue weighted by molar-refractivity contribution is 7.90. The van der Waals surface area contributed by atoms with Crippen LogP contribution in [0.15, 0.2) is 54.6 Å². The molecule has 7 N–H and O–H groups in total. The van der Waals surface area contributed by atoms with Crippen LogP contribution in [0.5, 0.6) is 0 Å². The molecule has 3 amide bonds. The van der Waals surface area contributed by atoms with Gasteiger partial charge in [-0.25, -0.2) is 13.2 Å². The number of carbonyl (C=O) groups excluding carboxylic acids is 3. The number of carbonyl (C=O) groups is 3. The molecule has 0 aromatic heterocycles. The van der Waals surface area contributed by atoms with Crippen molar-refractivity contribution in [3.05, 3.63) is 71.3 Å². The lowest BCUT2D eigenvalue weighted by Gasteiger charge is -2.22. The molecule has 242 valence electrons. The average molecular weight is 634 g/mol. The summed E-state index contributed by atoms with van der Waals surface area (Å²) in [4.78, 5) is 38.0. The predicted octanol–water partition coefficient (Wildman–Crippen LogP) is 1.23. The van der Waals surface area contributed by atoms with Crippen LogP contribution < -0.4 is 21.7 Å². The van der Waals surface area contributed by atoms with Crippen LogP contribution in [0.4, 0.5) is 4.79 Å². The van der Waals surface area contributed by atoms with Crippen LogP contribution in [0, 0.1) is 11.3 Å². The summed E-state index contributed by atoms with van der Waals surface area (Å²) >= 11 is 0. The van der Waals surface area contributed by atoms with Crippen LogP contribution in [-0.4, -0.2) is 82.5 Å². The first-order valence-electron chi connectivity index (χ1n) is 14.3. The highest BCUT2D eigenvalue weighted by atomic mass is 32.2. The fourth-order valence-corrected chi connectivity index (χ4v) is 5.85. The number of aliphatic hydroxyl groups is 1. The second-order valence-corrected chi connectivity index (χ2v) is 12.3. The fraction of sp³-hybridized carbons (Fsp3) is 0.467. The van der Waals surface area contributed by atoms with E-state index in [0.29, 0.717) is 37.0 Å². The zero-order valence-corrected chi connectivity index (χ0v) is 25.7. The molecule has 0 spiro atoms. The maximum atomic E-state index is 13.1. The van der Waals surface area contributed by atoms with Crippen molar-refractivity contribution in [2.75, 3.05) is 39.2 Å².